The highest BCUT2D eigenvalue weighted by Gasteiger charge is 2.35. The lowest BCUT2D eigenvalue weighted by atomic mass is 10.1. The van der Waals surface area contributed by atoms with Crippen LogP contribution < -0.4 is 0 Å². The second-order valence-electron chi connectivity index (χ2n) is 5.21. The lowest BCUT2D eigenvalue weighted by Gasteiger charge is -2.12. The number of rotatable bonds is 4. The van der Waals surface area contributed by atoms with Crippen LogP contribution in [0.2, 0.25) is 0 Å². The van der Waals surface area contributed by atoms with E-state index < -0.39 is 16.1 Å². The molecule has 0 bridgehead atoms. The topological polar surface area (TPSA) is 80.5 Å². The molecule has 1 fully saturated rings. The minimum absolute atomic E-state index is 0.109. The summed E-state index contributed by atoms with van der Waals surface area (Å²) >= 11 is 4.12. The van der Waals surface area contributed by atoms with Gasteiger partial charge in [-0.15, -0.1) is 0 Å². The Bertz CT molecular complexity index is 896. The highest BCUT2D eigenvalue weighted by Crippen LogP contribution is 2.34. The maximum Gasteiger partial charge on any atom is 0.293 e. The lowest BCUT2D eigenvalue weighted by molar-refractivity contribution is -0.385. The van der Waals surface area contributed by atoms with Crippen LogP contribution in [0.25, 0.3) is 6.08 Å². The largest absolute Gasteiger partial charge is 0.293 e. The maximum absolute atomic E-state index is 12.5. The van der Waals surface area contributed by atoms with Crippen molar-refractivity contribution in [2.24, 2.45) is 0 Å². The molecule has 0 unspecified atom stereocenters. The number of nitro benzene ring substituents is 1. The van der Waals surface area contributed by atoms with Crippen molar-refractivity contribution in [3.8, 4) is 0 Å². The normalized spacial score (nSPS) is 15.9. The minimum Gasteiger partial charge on any atom is -0.268 e. The number of amides is 2. The molecule has 2 aromatic carbocycles. The van der Waals surface area contributed by atoms with Gasteiger partial charge in [-0.25, -0.2) is 0 Å². The van der Waals surface area contributed by atoms with Crippen molar-refractivity contribution >= 4 is 50.6 Å². The molecule has 1 aliphatic heterocycles. The molecule has 8 heteroatoms. The van der Waals surface area contributed by atoms with Crippen LogP contribution in [0.4, 0.5) is 10.5 Å². The summed E-state index contributed by atoms with van der Waals surface area (Å²) in [5, 5.41) is 10.7. The molecule has 25 heavy (non-hydrogen) atoms. The molecule has 0 spiro atoms. The zero-order valence-corrected chi connectivity index (χ0v) is 15.1. The number of hydrogen-bond donors (Lipinski definition) is 0. The Kier molecular flexibility index (Phi) is 5.00. The number of nitrogens with zero attached hydrogens (tertiary/aromatic N) is 2. The lowest BCUT2D eigenvalue weighted by Crippen LogP contribution is -2.27. The summed E-state index contributed by atoms with van der Waals surface area (Å²) in [6.07, 6.45) is 1.39. The fourth-order valence-electron chi connectivity index (χ4n) is 2.33. The van der Waals surface area contributed by atoms with E-state index in [0.717, 1.165) is 26.7 Å². The fourth-order valence-corrected chi connectivity index (χ4v) is 3.42. The van der Waals surface area contributed by atoms with Crippen molar-refractivity contribution in [3.63, 3.8) is 0 Å². The average molecular weight is 419 g/mol. The molecule has 0 N–H and O–H groups in total. The zero-order valence-electron chi connectivity index (χ0n) is 12.7. The highest BCUT2D eigenvalue weighted by molar-refractivity contribution is 9.10. The van der Waals surface area contributed by atoms with Crippen molar-refractivity contribution in [3.05, 3.63) is 79.2 Å². The van der Waals surface area contributed by atoms with E-state index in [0.29, 0.717) is 5.56 Å². The van der Waals surface area contributed by atoms with E-state index >= 15 is 0 Å². The second kappa shape index (κ2) is 7.20. The quantitative estimate of drug-likeness (QED) is 0.411. The third-order valence-electron chi connectivity index (χ3n) is 3.55. The SMILES string of the molecule is O=C1S/C(=C\c2ccccc2[N+](=O)[O-])C(=O)N1Cc1ccc(Br)cc1. The predicted octanol–water partition coefficient (Wildman–Crippen LogP) is 4.59. The van der Waals surface area contributed by atoms with Crippen LogP contribution in [0.5, 0.6) is 0 Å². The van der Waals surface area contributed by atoms with E-state index in [9.17, 15) is 19.7 Å². The molecular weight excluding hydrogens is 408 g/mol. The van der Waals surface area contributed by atoms with Crippen LogP contribution >= 0.6 is 27.7 Å². The van der Waals surface area contributed by atoms with Crippen molar-refractivity contribution in [1.82, 2.24) is 4.90 Å². The first-order chi connectivity index (χ1) is 12.0. The van der Waals surface area contributed by atoms with Crippen LogP contribution in [-0.2, 0) is 11.3 Å². The smallest absolute Gasteiger partial charge is 0.268 e. The zero-order chi connectivity index (χ0) is 18.0. The number of halogens is 1. The van der Waals surface area contributed by atoms with Gasteiger partial charge in [0, 0.05) is 10.5 Å². The Hall–Kier alpha value is -2.45. The van der Waals surface area contributed by atoms with Crippen LogP contribution in [0, 0.1) is 10.1 Å². The molecule has 0 atom stereocenters. The molecular formula is C17H11BrN2O4S. The Labute approximate surface area is 155 Å². The Balaban J connectivity index is 1.86. The van der Waals surface area contributed by atoms with Crippen LogP contribution in [0.1, 0.15) is 11.1 Å². The molecule has 3 rings (SSSR count). The van der Waals surface area contributed by atoms with E-state index in [-0.39, 0.29) is 17.1 Å². The van der Waals surface area contributed by atoms with Gasteiger partial charge in [-0.1, -0.05) is 40.2 Å². The molecule has 0 aliphatic carbocycles. The molecule has 0 saturated carbocycles. The highest BCUT2D eigenvalue weighted by atomic mass is 79.9. The van der Waals surface area contributed by atoms with Crippen LogP contribution in [-0.4, -0.2) is 21.0 Å². The first-order valence-corrected chi connectivity index (χ1v) is 8.80. The Morgan fingerprint density at radius 3 is 2.48 bits per heavy atom. The molecule has 2 aromatic rings. The number of para-hydroxylation sites is 1. The number of imide groups is 1. The molecule has 1 aliphatic rings. The van der Waals surface area contributed by atoms with Gasteiger partial charge in [0.2, 0.25) is 0 Å². The molecule has 0 radical (unpaired) electrons. The van der Waals surface area contributed by atoms with Crippen molar-refractivity contribution in [1.29, 1.82) is 0 Å². The first kappa shape index (κ1) is 17.4. The van der Waals surface area contributed by atoms with Gasteiger partial charge >= 0.3 is 0 Å². The van der Waals surface area contributed by atoms with Gasteiger partial charge < -0.3 is 0 Å². The molecule has 6 nitrogen and oxygen atoms in total. The van der Waals surface area contributed by atoms with Gasteiger partial charge in [0.1, 0.15) is 0 Å². The van der Waals surface area contributed by atoms with Gasteiger partial charge in [0.05, 0.1) is 21.9 Å². The molecule has 0 aromatic heterocycles. The number of carbonyl (C=O) groups is 2. The van der Waals surface area contributed by atoms with E-state index in [4.69, 9.17) is 0 Å². The molecule has 1 saturated heterocycles. The van der Waals surface area contributed by atoms with Gasteiger partial charge in [0.25, 0.3) is 16.8 Å². The van der Waals surface area contributed by atoms with Crippen LogP contribution in [0.15, 0.2) is 57.9 Å². The van der Waals surface area contributed by atoms with E-state index in [1.807, 2.05) is 24.3 Å². The molecule has 126 valence electrons. The number of benzene rings is 2. The minimum atomic E-state index is -0.516. The van der Waals surface area contributed by atoms with Crippen molar-refractivity contribution in [2.45, 2.75) is 6.54 Å². The average Bonchev–Trinajstić information content (AvgIpc) is 2.84. The Morgan fingerprint density at radius 2 is 1.80 bits per heavy atom. The van der Waals surface area contributed by atoms with Gasteiger partial charge in [-0.05, 0) is 41.6 Å². The Morgan fingerprint density at radius 1 is 1.12 bits per heavy atom. The van der Waals surface area contributed by atoms with Crippen molar-refractivity contribution in [2.75, 3.05) is 0 Å². The summed E-state index contributed by atoms with van der Waals surface area (Å²) in [6, 6.07) is 13.4. The molecule has 2 amide bonds. The summed E-state index contributed by atoms with van der Waals surface area (Å²) in [6.45, 7) is 0.159. The maximum atomic E-state index is 12.5. The van der Waals surface area contributed by atoms with Gasteiger partial charge in [0.15, 0.2) is 0 Å². The van der Waals surface area contributed by atoms with Crippen molar-refractivity contribution < 1.29 is 14.5 Å². The predicted molar refractivity (Wildman–Crippen MR) is 98.8 cm³/mol. The van der Waals surface area contributed by atoms with Gasteiger partial charge in [-0.3, -0.25) is 24.6 Å². The summed E-state index contributed by atoms with van der Waals surface area (Å²) in [5.41, 5.74) is 1.00. The van der Waals surface area contributed by atoms with E-state index in [2.05, 4.69) is 15.9 Å². The fraction of sp³-hybridized carbons (Fsp3) is 0.0588. The van der Waals surface area contributed by atoms with E-state index in [1.54, 1.807) is 18.2 Å². The summed E-state index contributed by atoms with van der Waals surface area (Å²) < 4.78 is 0.904. The van der Waals surface area contributed by atoms with Crippen LogP contribution in [0.3, 0.4) is 0 Å². The summed E-state index contributed by atoms with van der Waals surface area (Å²) in [4.78, 5) is 36.5. The number of nitro groups is 1. The summed E-state index contributed by atoms with van der Waals surface area (Å²) in [7, 11) is 0. The number of hydrogen-bond acceptors (Lipinski definition) is 5. The monoisotopic (exact) mass is 418 g/mol. The third kappa shape index (κ3) is 3.80. The first-order valence-electron chi connectivity index (χ1n) is 7.19. The van der Waals surface area contributed by atoms with E-state index in [1.165, 1.54) is 12.1 Å². The standard InChI is InChI=1S/C17H11BrN2O4S/c18-13-7-5-11(6-8-13)10-19-16(21)15(25-17(19)22)9-12-3-1-2-4-14(12)20(23)24/h1-9H,10H2/b15-9-. The molecule has 1 heterocycles. The summed E-state index contributed by atoms with van der Waals surface area (Å²) in [5.74, 6) is -0.448. The van der Waals surface area contributed by atoms with Gasteiger partial charge in [-0.2, -0.15) is 0 Å². The second-order valence-corrected chi connectivity index (χ2v) is 7.12. The third-order valence-corrected chi connectivity index (χ3v) is 4.98. The number of carbonyl (C=O) groups excluding carboxylic acids is 2. The number of thioether (sulfide) groups is 1.